The SMILES string of the molecule is FC(F)(F)C1=CCC(=S)C=C1. The predicted octanol–water partition coefficient (Wildman–Crippen LogP) is 2.80. The van der Waals surface area contributed by atoms with Gasteiger partial charge < -0.3 is 0 Å². The van der Waals surface area contributed by atoms with Gasteiger partial charge in [-0.15, -0.1) is 0 Å². The maximum atomic E-state index is 11.9. The maximum absolute atomic E-state index is 11.9. The van der Waals surface area contributed by atoms with Gasteiger partial charge in [-0.3, -0.25) is 0 Å². The highest BCUT2D eigenvalue weighted by Gasteiger charge is 2.32. The largest absolute Gasteiger partial charge is 0.416 e. The van der Waals surface area contributed by atoms with E-state index in [9.17, 15) is 13.2 Å². The topological polar surface area (TPSA) is 0 Å². The molecule has 0 aromatic heterocycles. The lowest BCUT2D eigenvalue weighted by Crippen LogP contribution is -2.12. The van der Waals surface area contributed by atoms with Gasteiger partial charge in [0.25, 0.3) is 0 Å². The monoisotopic (exact) mass is 178 g/mol. The van der Waals surface area contributed by atoms with Crippen molar-refractivity contribution >= 4 is 17.1 Å². The van der Waals surface area contributed by atoms with E-state index in [-0.39, 0.29) is 6.42 Å². The third-order valence-electron chi connectivity index (χ3n) is 1.30. The second kappa shape index (κ2) is 2.77. The van der Waals surface area contributed by atoms with E-state index in [1.54, 1.807) is 0 Å². The van der Waals surface area contributed by atoms with Crippen LogP contribution in [0.25, 0.3) is 0 Å². The third-order valence-corrected chi connectivity index (χ3v) is 1.60. The van der Waals surface area contributed by atoms with Crippen LogP contribution in [-0.2, 0) is 0 Å². The Kier molecular flexibility index (Phi) is 2.13. The molecule has 0 saturated heterocycles. The van der Waals surface area contributed by atoms with Crippen molar-refractivity contribution in [3.63, 3.8) is 0 Å². The number of halogens is 3. The molecular weight excluding hydrogens is 173 g/mol. The summed E-state index contributed by atoms with van der Waals surface area (Å²) in [6, 6.07) is 0. The Hall–Kier alpha value is -0.640. The second-order valence-corrected chi connectivity index (χ2v) is 2.69. The first kappa shape index (κ1) is 8.46. The Morgan fingerprint density at radius 1 is 1.27 bits per heavy atom. The summed E-state index contributed by atoms with van der Waals surface area (Å²) in [6.07, 6.45) is -0.584. The number of alkyl halides is 3. The van der Waals surface area contributed by atoms with Crippen molar-refractivity contribution in [1.29, 1.82) is 0 Å². The molecule has 1 aliphatic carbocycles. The zero-order valence-corrected chi connectivity index (χ0v) is 6.30. The van der Waals surface area contributed by atoms with Gasteiger partial charge in [0.2, 0.25) is 0 Å². The van der Waals surface area contributed by atoms with Gasteiger partial charge in [-0.25, -0.2) is 0 Å². The first-order chi connectivity index (χ1) is 5.00. The summed E-state index contributed by atoms with van der Waals surface area (Å²) in [5, 5.41) is 0. The molecule has 0 aromatic carbocycles. The molecule has 0 fully saturated rings. The van der Waals surface area contributed by atoms with Gasteiger partial charge in [-0.2, -0.15) is 13.2 Å². The number of hydrogen-bond acceptors (Lipinski definition) is 1. The molecule has 0 aliphatic heterocycles. The van der Waals surface area contributed by atoms with Crippen molar-refractivity contribution < 1.29 is 13.2 Å². The molecule has 11 heavy (non-hydrogen) atoms. The van der Waals surface area contributed by atoms with E-state index in [0.717, 1.165) is 12.2 Å². The van der Waals surface area contributed by atoms with Crippen LogP contribution in [0.15, 0.2) is 23.8 Å². The van der Waals surface area contributed by atoms with Crippen molar-refractivity contribution in [2.45, 2.75) is 12.6 Å². The fraction of sp³-hybridized carbons (Fsp3) is 0.286. The van der Waals surface area contributed by atoms with Crippen LogP contribution in [0.1, 0.15) is 6.42 Å². The van der Waals surface area contributed by atoms with Crippen molar-refractivity contribution in [2.75, 3.05) is 0 Å². The molecule has 0 radical (unpaired) electrons. The van der Waals surface area contributed by atoms with E-state index in [2.05, 4.69) is 12.2 Å². The van der Waals surface area contributed by atoms with Crippen LogP contribution in [0.4, 0.5) is 13.2 Å². The van der Waals surface area contributed by atoms with Crippen molar-refractivity contribution in [3.8, 4) is 0 Å². The Labute approximate surface area is 67.4 Å². The molecule has 0 nitrogen and oxygen atoms in total. The minimum absolute atomic E-state index is 0.223. The van der Waals surface area contributed by atoms with Gasteiger partial charge in [0.1, 0.15) is 0 Å². The van der Waals surface area contributed by atoms with Crippen molar-refractivity contribution in [2.24, 2.45) is 0 Å². The molecule has 0 heterocycles. The molecule has 0 amide bonds. The Bertz CT molecular complexity index is 235. The molecule has 0 bridgehead atoms. The Morgan fingerprint density at radius 3 is 2.27 bits per heavy atom. The van der Waals surface area contributed by atoms with Crippen LogP contribution in [0.2, 0.25) is 0 Å². The zero-order chi connectivity index (χ0) is 8.48. The third kappa shape index (κ3) is 2.15. The van der Waals surface area contributed by atoms with Gasteiger partial charge in [0.15, 0.2) is 0 Å². The molecule has 4 heteroatoms. The van der Waals surface area contributed by atoms with Gasteiger partial charge in [-0.05, 0) is 12.2 Å². The summed E-state index contributed by atoms with van der Waals surface area (Å²) in [7, 11) is 0. The second-order valence-electron chi connectivity index (χ2n) is 2.16. The summed E-state index contributed by atoms with van der Waals surface area (Å²) in [6.45, 7) is 0. The fourth-order valence-corrected chi connectivity index (χ4v) is 0.891. The highest BCUT2D eigenvalue weighted by Crippen LogP contribution is 2.28. The summed E-state index contributed by atoms with van der Waals surface area (Å²) in [5.74, 6) is 0. The molecule has 1 rings (SSSR count). The van der Waals surface area contributed by atoms with E-state index < -0.39 is 11.7 Å². The molecule has 0 N–H and O–H groups in total. The summed E-state index contributed by atoms with van der Waals surface area (Å²) in [4.78, 5) is 0.540. The molecule has 0 saturated carbocycles. The molecule has 0 atom stereocenters. The summed E-state index contributed by atoms with van der Waals surface area (Å²) >= 11 is 4.68. The van der Waals surface area contributed by atoms with Crippen LogP contribution >= 0.6 is 12.2 Å². The Balaban J connectivity index is 2.79. The van der Waals surface area contributed by atoms with Crippen molar-refractivity contribution in [3.05, 3.63) is 23.8 Å². The fourth-order valence-electron chi connectivity index (χ4n) is 0.740. The van der Waals surface area contributed by atoms with E-state index in [4.69, 9.17) is 0 Å². The Morgan fingerprint density at radius 2 is 1.91 bits per heavy atom. The molecule has 0 aromatic rings. The van der Waals surface area contributed by atoms with E-state index in [1.807, 2.05) is 0 Å². The van der Waals surface area contributed by atoms with Gasteiger partial charge >= 0.3 is 6.18 Å². The van der Waals surface area contributed by atoms with Crippen LogP contribution in [0, 0.1) is 0 Å². The average molecular weight is 178 g/mol. The first-order valence-corrected chi connectivity index (χ1v) is 3.39. The smallest absolute Gasteiger partial charge is 0.166 e. The average Bonchev–Trinajstić information content (AvgIpc) is 1.86. The number of allylic oxidation sites excluding steroid dienone is 4. The number of thiocarbonyl (C=S) groups is 1. The quantitative estimate of drug-likeness (QED) is 0.514. The van der Waals surface area contributed by atoms with E-state index in [1.165, 1.54) is 6.08 Å². The first-order valence-electron chi connectivity index (χ1n) is 2.98. The van der Waals surface area contributed by atoms with E-state index in [0.29, 0.717) is 4.86 Å². The molecule has 0 unspecified atom stereocenters. The van der Waals surface area contributed by atoms with Gasteiger partial charge in [-0.1, -0.05) is 18.3 Å². The highest BCUT2D eigenvalue weighted by atomic mass is 32.1. The summed E-state index contributed by atoms with van der Waals surface area (Å²) in [5.41, 5.74) is -0.605. The van der Waals surface area contributed by atoms with Gasteiger partial charge in [0.05, 0.1) is 5.57 Å². The number of rotatable bonds is 0. The minimum Gasteiger partial charge on any atom is -0.166 e. The van der Waals surface area contributed by atoms with Crippen LogP contribution in [-0.4, -0.2) is 11.0 Å². The lowest BCUT2D eigenvalue weighted by atomic mass is 10.1. The highest BCUT2D eigenvalue weighted by molar-refractivity contribution is 7.80. The van der Waals surface area contributed by atoms with Crippen LogP contribution < -0.4 is 0 Å². The van der Waals surface area contributed by atoms with Crippen LogP contribution in [0.3, 0.4) is 0 Å². The van der Waals surface area contributed by atoms with Crippen LogP contribution in [0.5, 0.6) is 0 Å². The minimum atomic E-state index is -4.23. The molecule has 0 spiro atoms. The molecule has 1 aliphatic rings. The predicted molar refractivity (Wildman–Crippen MR) is 40.5 cm³/mol. The standard InChI is InChI=1S/C7H5F3S/c8-7(9,10)5-1-3-6(11)4-2-5/h1-3H,4H2. The normalized spacial score (nSPS) is 18.5. The lowest BCUT2D eigenvalue weighted by Gasteiger charge is -2.10. The van der Waals surface area contributed by atoms with E-state index >= 15 is 0 Å². The summed E-state index contributed by atoms with van der Waals surface area (Å²) < 4.78 is 35.7. The molecule has 60 valence electrons. The maximum Gasteiger partial charge on any atom is 0.416 e. The molecular formula is C7H5F3S. The lowest BCUT2D eigenvalue weighted by molar-refractivity contribution is -0.0884. The van der Waals surface area contributed by atoms with Gasteiger partial charge in [0, 0.05) is 11.3 Å². The zero-order valence-electron chi connectivity index (χ0n) is 5.48. The number of hydrogen-bond donors (Lipinski definition) is 0. The van der Waals surface area contributed by atoms with Crippen molar-refractivity contribution in [1.82, 2.24) is 0 Å².